The van der Waals surface area contributed by atoms with Gasteiger partial charge in [0.1, 0.15) is 11.8 Å². The van der Waals surface area contributed by atoms with Crippen LogP contribution in [0.4, 0.5) is 0 Å². The van der Waals surface area contributed by atoms with Crippen LogP contribution in [0.5, 0.6) is 0 Å². The average molecular weight is 337 g/mol. The molecule has 0 atom stereocenters. The molecule has 19 heavy (non-hydrogen) atoms. The highest BCUT2D eigenvalue weighted by Gasteiger charge is 2.17. The fraction of sp³-hybridized carbons (Fsp3) is 0.0769. The van der Waals surface area contributed by atoms with Crippen LogP contribution in [0.3, 0.4) is 0 Å². The number of hydrogen-bond donors (Lipinski definition) is 0. The van der Waals surface area contributed by atoms with Gasteiger partial charge < -0.3 is 0 Å². The van der Waals surface area contributed by atoms with E-state index in [2.05, 4.69) is 20.9 Å². The van der Waals surface area contributed by atoms with E-state index < -0.39 is 9.84 Å². The number of hydrogen-bond acceptors (Lipinski definition) is 4. The van der Waals surface area contributed by atoms with Crippen LogP contribution in [-0.4, -0.2) is 13.4 Å². The Morgan fingerprint density at radius 2 is 2.05 bits per heavy atom. The van der Waals surface area contributed by atoms with Crippen molar-refractivity contribution in [2.45, 2.75) is 10.6 Å². The van der Waals surface area contributed by atoms with Crippen molar-refractivity contribution in [2.24, 2.45) is 0 Å². The second-order valence-corrected chi connectivity index (χ2v) is 6.74. The monoisotopic (exact) mass is 336 g/mol. The summed E-state index contributed by atoms with van der Waals surface area (Å²) in [5.74, 6) is -0.236. The fourth-order valence-electron chi connectivity index (χ4n) is 1.60. The van der Waals surface area contributed by atoms with E-state index >= 15 is 0 Å². The van der Waals surface area contributed by atoms with Crippen LogP contribution in [0.15, 0.2) is 52.0 Å². The summed E-state index contributed by atoms with van der Waals surface area (Å²) in [6, 6.07) is 11.6. The lowest BCUT2D eigenvalue weighted by atomic mass is 10.2. The highest BCUT2D eigenvalue weighted by molar-refractivity contribution is 9.10. The molecule has 0 saturated carbocycles. The largest absolute Gasteiger partial charge is 0.245 e. The molecule has 0 spiro atoms. The fourth-order valence-corrected chi connectivity index (χ4v) is 3.56. The van der Waals surface area contributed by atoms with Crippen molar-refractivity contribution in [1.82, 2.24) is 4.98 Å². The third-order valence-corrected chi connectivity index (χ3v) is 4.65. The maximum absolute atomic E-state index is 12.3. The van der Waals surface area contributed by atoms with Gasteiger partial charge in [0.15, 0.2) is 9.84 Å². The molecule has 4 nitrogen and oxygen atoms in total. The molecular weight excluding hydrogens is 328 g/mol. The lowest BCUT2D eigenvalue weighted by molar-refractivity contribution is 0.595. The number of nitrogens with zero attached hydrogens (tertiary/aromatic N) is 2. The molecule has 0 aliphatic carbocycles. The minimum atomic E-state index is -3.49. The summed E-state index contributed by atoms with van der Waals surface area (Å²) < 4.78 is 25.2. The molecule has 1 heterocycles. The van der Waals surface area contributed by atoms with E-state index in [0.29, 0.717) is 10.0 Å². The molecule has 0 aliphatic rings. The zero-order valence-corrected chi connectivity index (χ0v) is 12.1. The van der Waals surface area contributed by atoms with Gasteiger partial charge in [-0.1, -0.05) is 28.1 Å². The first-order valence-electron chi connectivity index (χ1n) is 5.35. The number of sulfone groups is 1. The third-order valence-electron chi connectivity index (χ3n) is 2.50. The topological polar surface area (TPSA) is 70.8 Å². The number of pyridine rings is 1. The van der Waals surface area contributed by atoms with Crippen LogP contribution in [0.25, 0.3) is 0 Å². The normalized spacial score (nSPS) is 10.9. The van der Waals surface area contributed by atoms with Gasteiger partial charge in [-0.15, -0.1) is 0 Å². The Morgan fingerprint density at radius 1 is 1.26 bits per heavy atom. The molecule has 0 saturated heterocycles. The van der Waals surface area contributed by atoms with Gasteiger partial charge in [0.2, 0.25) is 0 Å². The molecule has 0 N–H and O–H groups in total. The number of benzene rings is 1. The summed E-state index contributed by atoms with van der Waals surface area (Å²) in [4.78, 5) is 4.07. The van der Waals surface area contributed by atoms with Crippen LogP contribution in [0, 0.1) is 11.3 Å². The SMILES string of the molecule is N#Cc1ncccc1CS(=O)(=O)c1cccc(Br)c1. The molecule has 0 bridgehead atoms. The molecule has 1 aromatic carbocycles. The second-order valence-electron chi connectivity index (χ2n) is 3.84. The maximum Gasteiger partial charge on any atom is 0.182 e. The first-order valence-corrected chi connectivity index (χ1v) is 7.80. The predicted octanol–water partition coefficient (Wildman–Crippen LogP) is 2.69. The summed E-state index contributed by atoms with van der Waals surface area (Å²) in [6.07, 6.45) is 1.47. The van der Waals surface area contributed by atoms with Gasteiger partial charge in [-0.25, -0.2) is 13.4 Å². The molecule has 1 aromatic heterocycles. The number of rotatable bonds is 3. The molecule has 0 fully saturated rings. The summed E-state index contributed by atoms with van der Waals surface area (Å²) >= 11 is 3.24. The van der Waals surface area contributed by atoms with Gasteiger partial charge in [-0.2, -0.15) is 5.26 Å². The lowest BCUT2D eigenvalue weighted by Gasteiger charge is -2.06. The lowest BCUT2D eigenvalue weighted by Crippen LogP contribution is -2.07. The zero-order valence-electron chi connectivity index (χ0n) is 9.75. The zero-order chi connectivity index (χ0) is 13.9. The average Bonchev–Trinajstić information content (AvgIpc) is 2.39. The van der Waals surface area contributed by atoms with Crippen molar-refractivity contribution in [3.63, 3.8) is 0 Å². The van der Waals surface area contributed by atoms with Crippen molar-refractivity contribution in [1.29, 1.82) is 5.26 Å². The van der Waals surface area contributed by atoms with Crippen LogP contribution in [0.1, 0.15) is 11.3 Å². The van der Waals surface area contributed by atoms with Crippen LogP contribution in [0.2, 0.25) is 0 Å². The second kappa shape index (κ2) is 5.51. The van der Waals surface area contributed by atoms with E-state index in [1.165, 1.54) is 18.3 Å². The summed E-state index contributed by atoms with van der Waals surface area (Å²) in [7, 11) is -3.49. The number of halogens is 1. The number of aromatic nitrogens is 1. The van der Waals surface area contributed by atoms with Gasteiger partial charge in [0.25, 0.3) is 0 Å². The Morgan fingerprint density at radius 3 is 2.74 bits per heavy atom. The Hall–Kier alpha value is -1.71. The minimum absolute atomic E-state index is 0.140. The third kappa shape index (κ3) is 3.19. The van der Waals surface area contributed by atoms with Gasteiger partial charge in [-0.05, 0) is 24.3 Å². The van der Waals surface area contributed by atoms with E-state index in [-0.39, 0.29) is 16.3 Å². The summed E-state index contributed by atoms with van der Waals surface area (Å²) in [5, 5.41) is 8.92. The van der Waals surface area contributed by atoms with Crippen molar-refractivity contribution >= 4 is 25.8 Å². The summed E-state index contributed by atoms with van der Waals surface area (Å²) in [5.41, 5.74) is 0.547. The van der Waals surface area contributed by atoms with Crippen LogP contribution < -0.4 is 0 Å². The molecule has 0 amide bonds. The van der Waals surface area contributed by atoms with Crippen molar-refractivity contribution in [2.75, 3.05) is 0 Å². The molecule has 0 unspecified atom stereocenters. The smallest absolute Gasteiger partial charge is 0.182 e. The standard InChI is InChI=1S/C13H9BrN2O2S/c14-11-4-1-5-12(7-11)19(17,18)9-10-3-2-6-16-13(10)8-15/h1-7H,9H2. The molecule has 2 rings (SSSR count). The van der Waals surface area contributed by atoms with Crippen molar-refractivity contribution < 1.29 is 8.42 Å². The van der Waals surface area contributed by atoms with E-state index in [1.807, 2.05) is 6.07 Å². The molecule has 0 aliphatic heterocycles. The first kappa shape index (κ1) is 13.7. The quantitative estimate of drug-likeness (QED) is 0.863. The van der Waals surface area contributed by atoms with E-state index in [1.54, 1.807) is 24.3 Å². The highest BCUT2D eigenvalue weighted by atomic mass is 79.9. The van der Waals surface area contributed by atoms with Crippen molar-refractivity contribution in [3.8, 4) is 6.07 Å². The van der Waals surface area contributed by atoms with E-state index in [0.717, 1.165) is 0 Å². The first-order chi connectivity index (χ1) is 9.03. The van der Waals surface area contributed by atoms with Gasteiger partial charge in [0, 0.05) is 16.2 Å². The molecular formula is C13H9BrN2O2S. The van der Waals surface area contributed by atoms with Crippen LogP contribution >= 0.6 is 15.9 Å². The highest BCUT2D eigenvalue weighted by Crippen LogP contribution is 2.21. The number of nitriles is 1. The molecule has 2 aromatic rings. The Kier molecular flexibility index (Phi) is 3.98. The Bertz CT molecular complexity index is 751. The van der Waals surface area contributed by atoms with Gasteiger partial charge in [-0.3, -0.25) is 0 Å². The predicted molar refractivity (Wildman–Crippen MR) is 74.0 cm³/mol. The minimum Gasteiger partial charge on any atom is -0.245 e. The van der Waals surface area contributed by atoms with Gasteiger partial charge in [0.05, 0.1) is 10.6 Å². The molecule has 96 valence electrons. The molecule has 6 heteroatoms. The van der Waals surface area contributed by atoms with E-state index in [4.69, 9.17) is 5.26 Å². The van der Waals surface area contributed by atoms with Crippen molar-refractivity contribution in [3.05, 3.63) is 58.3 Å². The van der Waals surface area contributed by atoms with Crippen LogP contribution in [-0.2, 0) is 15.6 Å². The van der Waals surface area contributed by atoms with E-state index in [9.17, 15) is 8.42 Å². The Balaban J connectivity index is 2.40. The maximum atomic E-state index is 12.3. The van der Waals surface area contributed by atoms with Gasteiger partial charge >= 0.3 is 0 Å². The molecule has 0 radical (unpaired) electrons. The Labute approximate surface area is 119 Å². The summed E-state index contributed by atoms with van der Waals surface area (Å²) in [6.45, 7) is 0.